The summed E-state index contributed by atoms with van der Waals surface area (Å²) in [5, 5.41) is 15.8. The Hall–Kier alpha value is -3.92. The molecule has 0 atom stereocenters. The molecule has 4 rings (SSSR count). The van der Waals surface area contributed by atoms with Crippen molar-refractivity contribution in [2.75, 3.05) is 22.4 Å². The first-order valence-electron chi connectivity index (χ1n) is 10.2. The van der Waals surface area contributed by atoms with Gasteiger partial charge >= 0.3 is 0 Å². The predicted molar refractivity (Wildman–Crippen MR) is 127 cm³/mol. The summed E-state index contributed by atoms with van der Waals surface area (Å²) in [7, 11) is -3.69. The molecule has 0 bridgehead atoms. The Balaban J connectivity index is 1.42. The van der Waals surface area contributed by atoms with Crippen LogP contribution in [0.3, 0.4) is 0 Å². The largest absolute Gasteiger partial charge is 0.456 e. The number of non-ortho nitro benzene ring substituents is 1. The first kappa shape index (κ1) is 22.3. The number of fused-ring (bicyclic) bond motifs is 3. The highest BCUT2D eigenvalue weighted by atomic mass is 32.2. The fourth-order valence-electron chi connectivity index (χ4n) is 3.66. The number of hydrogen-bond donors (Lipinski definition) is 1. The van der Waals surface area contributed by atoms with Gasteiger partial charge in [0.05, 0.1) is 16.9 Å². The SMILES string of the molecule is CS(=O)(=O)N(CCCC(=O)Nc1ccc2c(c1)oc1ccccc12)c1cccc([N+](=O)[O-])c1. The van der Waals surface area contributed by atoms with Crippen molar-refractivity contribution in [2.45, 2.75) is 12.8 Å². The predicted octanol–water partition coefficient (Wildman–Crippen LogP) is 4.68. The van der Waals surface area contributed by atoms with Crippen molar-refractivity contribution in [3.63, 3.8) is 0 Å². The normalized spacial score (nSPS) is 11.5. The highest BCUT2D eigenvalue weighted by molar-refractivity contribution is 7.92. The number of nitro benzene ring substituents is 1. The Bertz CT molecular complexity index is 1460. The molecule has 3 aromatic carbocycles. The van der Waals surface area contributed by atoms with Crippen molar-refractivity contribution in [3.8, 4) is 0 Å². The number of nitrogens with one attached hydrogen (secondary N) is 1. The van der Waals surface area contributed by atoms with Gasteiger partial charge in [-0.15, -0.1) is 0 Å². The first-order chi connectivity index (χ1) is 15.7. The zero-order chi connectivity index (χ0) is 23.6. The topological polar surface area (TPSA) is 123 Å². The van der Waals surface area contributed by atoms with Crippen LogP contribution in [0.4, 0.5) is 17.1 Å². The van der Waals surface area contributed by atoms with Crippen LogP contribution in [0.25, 0.3) is 21.9 Å². The van der Waals surface area contributed by atoms with Crippen LogP contribution >= 0.6 is 0 Å². The molecule has 0 spiro atoms. The number of rotatable bonds is 8. The number of amides is 1. The Kier molecular flexibility index (Phi) is 6.01. The molecule has 0 radical (unpaired) electrons. The molecule has 1 heterocycles. The second-order valence-corrected chi connectivity index (χ2v) is 9.48. The Labute approximate surface area is 189 Å². The van der Waals surface area contributed by atoms with Crippen molar-refractivity contribution in [2.24, 2.45) is 0 Å². The van der Waals surface area contributed by atoms with Crippen molar-refractivity contribution in [3.05, 3.63) is 76.8 Å². The average Bonchev–Trinajstić information content (AvgIpc) is 3.13. The van der Waals surface area contributed by atoms with E-state index in [-0.39, 0.29) is 36.7 Å². The minimum absolute atomic E-state index is 0.00995. The molecule has 170 valence electrons. The molecule has 9 nitrogen and oxygen atoms in total. The van der Waals surface area contributed by atoms with E-state index in [1.807, 2.05) is 30.3 Å². The maximum atomic E-state index is 12.4. The monoisotopic (exact) mass is 467 g/mol. The van der Waals surface area contributed by atoms with E-state index in [4.69, 9.17) is 4.42 Å². The van der Waals surface area contributed by atoms with Gasteiger partial charge in [0.25, 0.3) is 5.69 Å². The fraction of sp³-hybridized carbons (Fsp3) is 0.174. The zero-order valence-electron chi connectivity index (χ0n) is 17.7. The van der Waals surface area contributed by atoms with Crippen LogP contribution in [0.1, 0.15) is 12.8 Å². The second kappa shape index (κ2) is 8.91. The third-order valence-electron chi connectivity index (χ3n) is 5.16. The zero-order valence-corrected chi connectivity index (χ0v) is 18.5. The average molecular weight is 468 g/mol. The molecule has 0 fully saturated rings. The number of anilines is 2. The Morgan fingerprint density at radius 3 is 2.55 bits per heavy atom. The van der Waals surface area contributed by atoms with E-state index in [9.17, 15) is 23.3 Å². The Morgan fingerprint density at radius 1 is 1.03 bits per heavy atom. The summed E-state index contributed by atoms with van der Waals surface area (Å²) in [6.07, 6.45) is 1.32. The number of carbonyl (C=O) groups is 1. The summed E-state index contributed by atoms with van der Waals surface area (Å²) >= 11 is 0. The number of sulfonamides is 1. The molecule has 1 amide bonds. The number of furan rings is 1. The molecule has 0 aliphatic heterocycles. The fourth-order valence-corrected chi connectivity index (χ4v) is 4.62. The highest BCUT2D eigenvalue weighted by Crippen LogP contribution is 2.30. The molecule has 33 heavy (non-hydrogen) atoms. The van der Waals surface area contributed by atoms with Crippen LogP contribution in [0.15, 0.2) is 71.1 Å². The van der Waals surface area contributed by atoms with Gasteiger partial charge in [0.1, 0.15) is 11.2 Å². The highest BCUT2D eigenvalue weighted by Gasteiger charge is 2.20. The smallest absolute Gasteiger partial charge is 0.271 e. The lowest BCUT2D eigenvalue weighted by atomic mass is 10.1. The minimum atomic E-state index is -3.69. The van der Waals surface area contributed by atoms with Gasteiger partial charge in [-0.25, -0.2) is 8.42 Å². The van der Waals surface area contributed by atoms with Gasteiger partial charge in [-0.2, -0.15) is 0 Å². The lowest BCUT2D eigenvalue weighted by molar-refractivity contribution is -0.384. The van der Waals surface area contributed by atoms with E-state index < -0.39 is 14.9 Å². The van der Waals surface area contributed by atoms with Crippen LogP contribution in [0, 0.1) is 10.1 Å². The van der Waals surface area contributed by atoms with Crippen LogP contribution in [-0.2, 0) is 14.8 Å². The van der Waals surface area contributed by atoms with Crippen molar-refractivity contribution in [1.82, 2.24) is 0 Å². The van der Waals surface area contributed by atoms with Gasteiger partial charge in [0, 0.05) is 47.6 Å². The summed E-state index contributed by atoms with van der Waals surface area (Å²) < 4.78 is 31.3. The molecular weight excluding hydrogens is 446 g/mol. The molecule has 0 saturated heterocycles. The van der Waals surface area contributed by atoms with Gasteiger partial charge in [-0.1, -0.05) is 24.3 Å². The van der Waals surface area contributed by atoms with Crippen LogP contribution < -0.4 is 9.62 Å². The number of hydrogen-bond acceptors (Lipinski definition) is 6. The Morgan fingerprint density at radius 2 is 1.79 bits per heavy atom. The molecule has 0 saturated carbocycles. The quantitative estimate of drug-likeness (QED) is 0.296. The summed E-state index contributed by atoms with van der Waals surface area (Å²) in [4.78, 5) is 22.9. The molecule has 0 unspecified atom stereocenters. The van der Waals surface area contributed by atoms with Gasteiger partial charge in [0.15, 0.2) is 0 Å². The van der Waals surface area contributed by atoms with Crippen molar-refractivity contribution < 1.29 is 22.6 Å². The van der Waals surface area contributed by atoms with E-state index in [1.165, 1.54) is 24.3 Å². The number of carbonyl (C=O) groups excluding carboxylic acids is 1. The summed E-state index contributed by atoms with van der Waals surface area (Å²) in [6, 6.07) is 18.5. The van der Waals surface area contributed by atoms with Gasteiger partial charge in [0.2, 0.25) is 15.9 Å². The van der Waals surface area contributed by atoms with Crippen molar-refractivity contribution >= 4 is 54.9 Å². The number of nitro groups is 1. The van der Waals surface area contributed by atoms with Gasteiger partial charge in [-0.3, -0.25) is 19.2 Å². The lowest BCUT2D eigenvalue weighted by Crippen LogP contribution is -2.31. The third-order valence-corrected chi connectivity index (χ3v) is 6.35. The maximum Gasteiger partial charge on any atom is 0.271 e. The number of para-hydroxylation sites is 1. The standard InChI is InChI=1S/C23H21N3O6S/c1-33(30,31)25(17-6-4-7-18(15-17)26(28)29)13-5-10-23(27)24-16-11-12-20-19-8-2-3-9-21(19)32-22(20)14-16/h2-4,6-9,11-12,14-15H,5,10,13H2,1H3,(H,24,27). The van der Waals surface area contributed by atoms with E-state index in [0.717, 1.165) is 26.9 Å². The van der Waals surface area contributed by atoms with E-state index in [1.54, 1.807) is 12.1 Å². The van der Waals surface area contributed by atoms with Crippen LogP contribution in [-0.4, -0.2) is 32.0 Å². The molecule has 1 N–H and O–H groups in total. The molecule has 0 aliphatic carbocycles. The molecule has 0 aliphatic rings. The number of benzene rings is 3. The van der Waals surface area contributed by atoms with Crippen LogP contribution in [0.2, 0.25) is 0 Å². The molecular formula is C23H21N3O6S. The van der Waals surface area contributed by atoms with Gasteiger partial charge < -0.3 is 9.73 Å². The summed E-state index contributed by atoms with van der Waals surface area (Å²) in [6.45, 7) is 0.00995. The third kappa shape index (κ3) is 4.96. The van der Waals surface area contributed by atoms with E-state index in [0.29, 0.717) is 11.3 Å². The maximum absolute atomic E-state index is 12.4. The minimum Gasteiger partial charge on any atom is -0.456 e. The van der Waals surface area contributed by atoms with Gasteiger partial charge in [-0.05, 0) is 30.7 Å². The second-order valence-electron chi connectivity index (χ2n) is 7.57. The summed E-state index contributed by atoms with van der Waals surface area (Å²) in [5.41, 5.74) is 1.97. The molecule has 10 heteroatoms. The molecule has 1 aromatic heterocycles. The molecule has 4 aromatic rings. The number of nitrogens with zero attached hydrogens (tertiary/aromatic N) is 2. The van der Waals surface area contributed by atoms with E-state index in [2.05, 4.69) is 5.32 Å². The van der Waals surface area contributed by atoms with E-state index >= 15 is 0 Å². The first-order valence-corrected chi connectivity index (χ1v) is 12.0. The van der Waals surface area contributed by atoms with Crippen molar-refractivity contribution in [1.29, 1.82) is 0 Å². The van der Waals surface area contributed by atoms with Crippen LogP contribution in [0.5, 0.6) is 0 Å². The summed E-state index contributed by atoms with van der Waals surface area (Å²) in [5.74, 6) is -0.280. The lowest BCUT2D eigenvalue weighted by Gasteiger charge is -2.22.